The van der Waals surface area contributed by atoms with E-state index in [0.29, 0.717) is 6.54 Å². The van der Waals surface area contributed by atoms with Crippen LogP contribution in [0.25, 0.3) is 0 Å². The molecule has 1 aliphatic heterocycles. The minimum absolute atomic E-state index is 0.0992. The highest BCUT2D eigenvalue weighted by Crippen LogP contribution is 2.52. The number of carbonyl (C=O) groups is 2. The summed E-state index contributed by atoms with van der Waals surface area (Å²) in [6, 6.07) is 5.35. The van der Waals surface area contributed by atoms with E-state index in [1.165, 1.54) is 24.3 Å². The summed E-state index contributed by atoms with van der Waals surface area (Å²) >= 11 is 0. The number of ether oxygens (including phenoxy) is 1. The van der Waals surface area contributed by atoms with Gasteiger partial charge in [-0.3, -0.25) is 14.9 Å². The summed E-state index contributed by atoms with van der Waals surface area (Å²) < 4.78 is 5.14. The molecular weight excluding hydrogens is 336 g/mol. The fraction of sp³-hybridized carbons (Fsp3) is 0.579. The molecule has 1 aromatic rings. The largest absolute Gasteiger partial charge is 0.452 e. The Morgan fingerprint density at radius 3 is 2.50 bits per heavy atom. The van der Waals surface area contributed by atoms with Crippen LogP contribution in [0.2, 0.25) is 0 Å². The number of benzene rings is 1. The van der Waals surface area contributed by atoms with Crippen LogP contribution in [0.4, 0.5) is 5.69 Å². The lowest BCUT2D eigenvalue weighted by molar-refractivity contribution is -0.384. The minimum Gasteiger partial charge on any atom is -0.452 e. The number of fused-ring (bicyclic) bond motifs is 2. The van der Waals surface area contributed by atoms with Gasteiger partial charge in [-0.05, 0) is 42.2 Å². The molecule has 1 amide bonds. The van der Waals surface area contributed by atoms with E-state index in [9.17, 15) is 19.7 Å². The molecule has 140 valence electrons. The average Bonchev–Trinajstić information content (AvgIpc) is 2.81. The fourth-order valence-corrected chi connectivity index (χ4v) is 4.76. The molecule has 1 heterocycles. The van der Waals surface area contributed by atoms with Crippen LogP contribution in [0, 0.1) is 20.9 Å². The van der Waals surface area contributed by atoms with Crippen LogP contribution in [-0.2, 0) is 9.53 Å². The highest BCUT2D eigenvalue weighted by Gasteiger charge is 2.50. The molecule has 0 N–H and O–H groups in total. The van der Waals surface area contributed by atoms with E-state index in [4.69, 9.17) is 4.74 Å². The Morgan fingerprint density at radius 2 is 1.88 bits per heavy atom. The van der Waals surface area contributed by atoms with Crippen LogP contribution in [0.15, 0.2) is 24.3 Å². The highest BCUT2D eigenvalue weighted by molar-refractivity contribution is 5.91. The van der Waals surface area contributed by atoms with Gasteiger partial charge >= 0.3 is 5.97 Å². The third-order valence-corrected chi connectivity index (χ3v) is 5.38. The van der Waals surface area contributed by atoms with E-state index >= 15 is 0 Å². The first kappa shape index (κ1) is 18.4. The Hall–Kier alpha value is -2.44. The quantitative estimate of drug-likeness (QED) is 0.467. The van der Waals surface area contributed by atoms with E-state index < -0.39 is 10.9 Å². The predicted molar refractivity (Wildman–Crippen MR) is 94.6 cm³/mol. The summed E-state index contributed by atoms with van der Waals surface area (Å²) in [7, 11) is 0. The molecule has 0 aromatic heterocycles. The van der Waals surface area contributed by atoms with Crippen molar-refractivity contribution in [3.05, 3.63) is 39.9 Å². The standard InChI is InChI=1S/C19H24N2O5/c1-18(2)8-15-9-19(3,11-18)12-20(15)16(22)10-26-17(23)13-4-6-14(7-5-13)21(24)25/h4-7,15H,8-12H2,1-3H3. The lowest BCUT2D eigenvalue weighted by Gasteiger charge is -2.39. The number of hydrogen-bond acceptors (Lipinski definition) is 5. The molecule has 26 heavy (non-hydrogen) atoms. The Kier molecular flexibility index (Phi) is 4.50. The zero-order valence-corrected chi connectivity index (χ0v) is 15.4. The number of amides is 1. The van der Waals surface area contributed by atoms with Crippen LogP contribution >= 0.6 is 0 Å². The Labute approximate surface area is 152 Å². The molecule has 1 saturated carbocycles. The molecule has 0 spiro atoms. The van der Waals surface area contributed by atoms with Gasteiger partial charge in [0.25, 0.3) is 11.6 Å². The molecule has 2 aliphatic rings. The normalized spacial score (nSPS) is 26.4. The molecule has 7 heteroatoms. The van der Waals surface area contributed by atoms with Crippen LogP contribution in [0.5, 0.6) is 0 Å². The maximum atomic E-state index is 12.6. The van der Waals surface area contributed by atoms with Crippen molar-refractivity contribution in [3.63, 3.8) is 0 Å². The van der Waals surface area contributed by atoms with Crippen molar-refractivity contribution >= 4 is 17.6 Å². The zero-order chi connectivity index (χ0) is 19.1. The summed E-state index contributed by atoms with van der Waals surface area (Å²) in [5.74, 6) is -0.825. The minimum atomic E-state index is -0.651. The molecule has 1 saturated heterocycles. The van der Waals surface area contributed by atoms with Gasteiger partial charge in [-0.15, -0.1) is 0 Å². The van der Waals surface area contributed by atoms with Crippen LogP contribution in [-0.4, -0.2) is 40.9 Å². The predicted octanol–water partition coefficient (Wildman–Crippen LogP) is 3.18. The molecule has 1 aliphatic carbocycles. The van der Waals surface area contributed by atoms with Gasteiger partial charge in [0, 0.05) is 24.7 Å². The maximum Gasteiger partial charge on any atom is 0.338 e. The number of hydrogen-bond donors (Lipinski definition) is 0. The van der Waals surface area contributed by atoms with E-state index in [1.54, 1.807) is 0 Å². The molecular formula is C19H24N2O5. The summed E-state index contributed by atoms with van der Waals surface area (Å²) in [5, 5.41) is 10.6. The molecule has 2 atom stereocenters. The van der Waals surface area contributed by atoms with Crippen molar-refractivity contribution in [2.75, 3.05) is 13.2 Å². The van der Waals surface area contributed by atoms with E-state index in [2.05, 4.69) is 20.8 Å². The van der Waals surface area contributed by atoms with E-state index in [0.717, 1.165) is 19.3 Å². The van der Waals surface area contributed by atoms with Crippen molar-refractivity contribution in [2.24, 2.45) is 10.8 Å². The van der Waals surface area contributed by atoms with Gasteiger partial charge < -0.3 is 9.64 Å². The first-order valence-electron chi connectivity index (χ1n) is 8.80. The first-order chi connectivity index (χ1) is 12.1. The summed E-state index contributed by atoms with van der Waals surface area (Å²) in [6.45, 7) is 7.09. The second-order valence-corrected chi connectivity index (χ2v) is 8.62. The third kappa shape index (κ3) is 3.71. The van der Waals surface area contributed by atoms with Crippen molar-refractivity contribution in [3.8, 4) is 0 Å². The van der Waals surface area contributed by atoms with Crippen LogP contribution in [0.1, 0.15) is 50.4 Å². The first-order valence-corrected chi connectivity index (χ1v) is 8.80. The van der Waals surface area contributed by atoms with Gasteiger partial charge in [0.05, 0.1) is 10.5 Å². The van der Waals surface area contributed by atoms with Crippen molar-refractivity contribution in [1.82, 2.24) is 4.90 Å². The molecule has 2 unspecified atom stereocenters. The van der Waals surface area contributed by atoms with E-state index in [-0.39, 0.29) is 40.6 Å². The molecule has 1 aromatic carbocycles. The lowest BCUT2D eigenvalue weighted by Crippen LogP contribution is -2.39. The maximum absolute atomic E-state index is 12.6. The molecule has 3 rings (SSSR count). The second kappa shape index (κ2) is 6.37. The number of nitro benzene ring substituents is 1. The van der Waals surface area contributed by atoms with Crippen molar-refractivity contribution in [2.45, 2.75) is 46.1 Å². The fourth-order valence-electron chi connectivity index (χ4n) is 4.76. The topological polar surface area (TPSA) is 89.8 Å². The Bertz CT molecular complexity index is 743. The molecule has 7 nitrogen and oxygen atoms in total. The number of non-ortho nitro benzene ring substituents is 1. The number of likely N-dealkylation sites (tertiary alicyclic amines) is 1. The SMILES string of the molecule is CC1(C)CC2CC(C)(CN2C(=O)COC(=O)c2ccc([N+](=O)[O-])cc2)C1. The molecule has 2 bridgehead atoms. The van der Waals surface area contributed by atoms with E-state index in [1.807, 2.05) is 4.90 Å². The number of carbonyl (C=O) groups excluding carboxylic acids is 2. The van der Waals surface area contributed by atoms with Gasteiger partial charge in [0.1, 0.15) is 0 Å². The van der Waals surface area contributed by atoms with Crippen LogP contribution in [0.3, 0.4) is 0 Å². The summed E-state index contributed by atoms with van der Waals surface area (Å²) in [5.41, 5.74) is 0.432. The average molecular weight is 360 g/mol. The van der Waals surface area contributed by atoms with Gasteiger partial charge in [0.15, 0.2) is 6.61 Å². The smallest absolute Gasteiger partial charge is 0.338 e. The Morgan fingerprint density at radius 1 is 1.23 bits per heavy atom. The van der Waals surface area contributed by atoms with Gasteiger partial charge in [-0.1, -0.05) is 20.8 Å². The van der Waals surface area contributed by atoms with Crippen LogP contribution < -0.4 is 0 Å². The van der Waals surface area contributed by atoms with Crippen molar-refractivity contribution < 1.29 is 19.2 Å². The number of nitrogens with zero attached hydrogens (tertiary/aromatic N) is 2. The van der Waals surface area contributed by atoms with Gasteiger partial charge in [0.2, 0.25) is 0 Å². The summed E-state index contributed by atoms with van der Waals surface area (Å²) in [6.07, 6.45) is 3.05. The Balaban J connectivity index is 1.59. The molecule has 2 fully saturated rings. The number of rotatable bonds is 4. The zero-order valence-electron chi connectivity index (χ0n) is 15.4. The monoisotopic (exact) mass is 360 g/mol. The number of nitro groups is 1. The third-order valence-electron chi connectivity index (χ3n) is 5.38. The van der Waals surface area contributed by atoms with Crippen molar-refractivity contribution in [1.29, 1.82) is 0 Å². The number of esters is 1. The lowest BCUT2D eigenvalue weighted by atomic mass is 9.65. The highest BCUT2D eigenvalue weighted by atomic mass is 16.6. The summed E-state index contributed by atoms with van der Waals surface area (Å²) in [4.78, 5) is 36.6. The second-order valence-electron chi connectivity index (χ2n) is 8.62. The van der Waals surface area contributed by atoms with Gasteiger partial charge in [-0.25, -0.2) is 4.79 Å². The van der Waals surface area contributed by atoms with Gasteiger partial charge in [-0.2, -0.15) is 0 Å². The molecule has 0 radical (unpaired) electrons.